The van der Waals surface area contributed by atoms with Crippen molar-refractivity contribution in [1.82, 2.24) is 10.2 Å². The van der Waals surface area contributed by atoms with Crippen molar-refractivity contribution >= 4 is 50.1 Å². The summed E-state index contributed by atoms with van der Waals surface area (Å²) in [5.41, 5.74) is 2.25. The number of benzene rings is 3. The second-order valence-electron chi connectivity index (χ2n) is 9.39. The van der Waals surface area contributed by atoms with Crippen LogP contribution in [0.5, 0.6) is 0 Å². The Balaban J connectivity index is 1.41. The monoisotopic (exact) mass is 533 g/mol. The number of halogens is 1. The summed E-state index contributed by atoms with van der Waals surface area (Å²) in [6.45, 7) is 1.92. The Kier molecular flexibility index (Phi) is 6.60. The van der Waals surface area contributed by atoms with Crippen molar-refractivity contribution in [2.24, 2.45) is 0 Å². The summed E-state index contributed by atoms with van der Waals surface area (Å²) in [6.07, 6.45) is 4.18. The zero-order chi connectivity index (χ0) is 24.5. The van der Waals surface area contributed by atoms with E-state index in [1.165, 1.54) is 4.90 Å². The summed E-state index contributed by atoms with van der Waals surface area (Å²) in [5.74, 6) is -0.605. The first-order valence-corrected chi connectivity index (χ1v) is 12.9. The number of anilines is 1. The van der Waals surface area contributed by atoms with Gasteiger partial charge in [0, 0.05) is 28.0 Å². The molecule has 1 atom stereocenters. The first kappa shape index (κ1) is 23.5. The number of carbonyl (C=O) groups excluding carboxylic acids is 3. The maximum Gasteiger partial charge on any atom is 0.259 e. The van der Waals surface area contributed by atoms with E-state index in [1.807, 2.05) is 54.6 Å². The second-order valence-corrected chi connectivity index (χ2v) is 10.3. The van der Waals surface area contributed by atoms with E-state index in [0.29, 0.717) is 5.56 Å². The van der Waals surface area contributed by atoms with Gasteiger partial charge in [-0.3, -0.25) is 19.3 Å². The molecule has 1 aliphatic carbocycles. The highest BCUT2D eigenvalue weighted by atomic mass is 79.9. The molecule has 0 aromatic heterocycles. The quantitative estimate of drug-likeness (QED) is 0.462. The summed E-state index contributed by atoms with van der Waals surface area (Å²) in [4.78, 5) is 43.2. The predicted octanol–water partition coefficient (Wildman–Crippen LogP) is 5.04. The largest absolute Gasteiger partial charge is 0.352 e. The van der Waals surface area contributed by atoms with Crippen molar-refractivity contribution in [2.75, 3.05) is 11.4 Å². The number of hydrogen-bond donors (Lipinski definition) is 1. The van der Waals surface area contributed by atoms with Gasteiger partial charge in [-0.15, -0.1) is 0 Å². The van der Waals surface area contributed by atoms with Crippen molar-refractivity contribution < 1.29 is 14.4 Å². The molecule has 7 heteroatoms. The molecule has 1 N–H and O–H groups in total. The van der Waals surface area contributed by atoms with Crippen LogP contribution in [0.2, 0.25) is 0 Å². The Hall–Kier alpha value is -3.19. The van der Waals surface area contributed by atoms with Crippen LogP contribution in [0.15, 0.2) is 65.1 Å². The van der Waals surface area contributed by atoms with Gasteiger partial charge in [0.05, 0.1) is 5.69 Å². The van der Waals surface area contributed by atoms with E-state index in [0.717, 1.165) is 52.2 Å². The summed E-state index contributed by atoms with van der Waals surface area (Å²) in [5, 5.41) is 4.97. The third-order valence-electron chi connectivity index (χ3n) is 7.05. The number of rotatable bonds is 7. The van der Waals surface area contributed by atoms with Crippen molar-refractivity contribution in [3.05, 3.63) is 76.3 Å². The topological polar surface area (TPSA) is 69.7 Å². The van der Waals surface area contributed by atoms with Crippen LogP contribution in [-0.2, 0) is 16.1 Å². The minimum Gasteiger partial charge on any atom is -0.352 e. The van der Waals surface area contributed by atoms with Crippen LogP contribution in [0.3, 0.4) is 0 Å². The van der Waals surface area contributed by atoms with Gasteiger partial charge in [-0.25, -0.2) is 0 Å². The van der Waals surface area contributed by atoms with Crippen LogP contribution in [0.25, 0.3) is 10.8 Å². The van der Waals surface area contributed by atoms with Gasteiger partial charge in [-0.1, -0.05) is 65.2 Å². The Morgan fingerprint density at radius 1 is 1.09 bits per heavy atom. The third kappa shape index (κ3) is 4.69. The second kappa shape index (κ2) is 9.82. The fourth-order valence-corrected chi connectivity index (χ4v) is 5.62. The van der Waals surface area contributed by atoms with Gasteiger partial charge in [0.2, 0.25) is 11.8 Å². The van der Waals surface area contributed by atoms with E-state index in [1.54, 1.807) is 17.9 Å². The summed E-state index contributed by atoms with van der Waals surface area (Å²) >= 11 is 3.49. The lowest BCUT2D eigenvalue weighted by molar-refractivity contribution is -0.139. The number of carbonyl (C=O) groups is 3. The number of amides is 3. The van der Waals surface area contributed by atoms with Gasteiger partial charge in [-0.2, -0.15) is 0 Å². The van der Waals surface area contributed by atoms with Crippen LogP contribution in [-0.4, -0.2) is 41.2 Å². The van der Waals surface area contributed by atoms with E-state index in [9.17, 15) is 14.4 Å². The molecule has 3 aromatic rings. The van der Waals surface area contributed by atoms with E-state index < -0.39 is 6.04 Å². The first-order chi connectivity index (χ1) is 16.9. The minimum atomic E-state index is -0.669. The standard InChI is InChI=1S/C28H28BrN3O3/c1-18(27(34)30-22-11-2-3-12-22)31(16-19-7-4-10-21(29)15-19)25(33)17-32-24-14-6-9-20-8-5-13-23(26(20)24)28(32)35/h4-10,13-15,18,22H,2-3,11-12,16-17H2,1H3,(H,30,34). The highest BCUT2D eigenvalue weighted by Crippen LogP contribution is 2.37. The molecule has 1 unspecified atom stereocenters. The first-order valence-electron chi connectivity index (χ1n) is 12.1. The zero-order valence-corrected chi connectivity index (χ0v) is 21.3. The van der Waals surface area contributed by atoms with Gasteiger partial charge < -0.3 is 10.2 Å². The summed E-state index contributed by atoms with van der Waals surface area (Å²) in [7, 11) is 0. The third-order valence-corrected chi connectivity index (χ3v) is 7.55. The van der Waals surface area contributed by atoms with Gasteiger partial charge >= 0.3 is 0 Å². The van der Waals surface area contributed by atoms with E-state index in [2.05, 4.69) is 21.2 Å². The molecule has 0 saturated heterocycles. The van der Waals surface area contributed by atoms with E-state index in [-0.39, 0.29) is 36.9 Å². The molecule has 3 amide bonds. The number of nitrogens with one attached hydrogen (secondary N) is 1. The molecule has 6 nitrogen and oxygen atoms in total. The Labute approximate surface area is 213 Å². The van der Waals surface area contributed by atoms with Gasteiger partial charge in [-0.05, 0) is 55.0 Å². The molecular formula is C28H28BrN3O3. The average molecular weight is 534 g/mol. The van der Waals surface area contributed by atoms with Gasteiger partial charge in [0.1, 0.15) is 12.6 Å². The molecule has 1 fully saturated rings. The fourth-order valence-electron chi connectivity index (χ4n) is 5.17. The minimum absolute atomic E-state index is 0.123. The Morgan fingerprint density at radius 2 is 1.80 bits per heavy atom. The average Bonchev–Trinajstić information content (AvgIpc) is 3.46. The van der Waals surface area contributed by atoms with Crippen LogP contribution >= 0.6 is 15.9 Å². The molecule has 0 radical (unpaired) electrons. The highest BCUT2D eigenvalue weighted by Gasteiger charge is 2.34. The molecule has 0 spiro atoms. The lowest BCUT2D eigenvalue weighted by Crippen LogP contribution is -2.52. The van der Waals surface area contributed by atoms with Crippen molar-refractivity contribution in [3.8, 4) is 0 Å². The normalized spacial score (nSPS) is 16.1. The van der Waals surface area contributed by atoms with Crippen LogP contribution in [0.4, 0.5) is 5.69 Å². The predicted molar refractivity (Wildman–Crippen MR) is 140 cm³/mol. The fraction of sp³-hybridized carbons (Fsp3) is 0.321. The number of nitrogens with zero attached hydrogens (tertiary/aromatic N) is 2. The number of hydrogen-bond acceptors (Lipinski definition) is 3. The van der Waals surface area contributed by atoms with Crippen molar-refractivity contribution in [3.63, 3.8) is 0 Å². The molecule has 1 heterocycles. The van der Waals surface area contributed by atoms with Gasteiger partial charge in [0.15, 0.2) is 0 Å². The van der Waals surface area contributed by atoms with Gasteiger partial charge in [0.25, 0.3) is 5.91 Å². The summed E-state index contributed by atoms with van der Waals surface area (Å²) < 4.78 is 0.905. The van der Waals surface area contributed by atoms with E-state index >= 15 is 0 Å². The highest BCUT2D eigenvalue weighted by molar-refractivity contribution is 9.10. The Morgan fingerprint density at radius 3 is 2.54 bits per heavy atom. The smallest absolute Gasteiger partial charge is 0.259 e. The van der Waals surface area contributed by atoms with Crippen molar-refractivity contribution in [1.29, 1.82) is 0 Å². The molecular weight excluding hydrogens is 506 g/mol. The summed E-state index contributed by atoms with van der Waals surface area (Å²) in [6, 6.07) is 18.6. The lowest BCUT2D eigenvalue weighted by Gasteiger charge is -2.31. The van der Waals surface area contributed by atoms with Crippen LogP contribution in [0, 0.1) is 0 Å². The molecule has 3 aromatic carbocycles. The van der Waals surface area contributed by atoms with Crippen LogP contribution in [0.1, 0.15) is 48.5 Å². The molecule has 2 aliphatic rings. The molecule has 35 heavy (non-hydrogen) atoms. The molecule has 5 rings (SSSR count). The SMILES string of the molecule is CC(C(=O)NC1CCCC1)N(Cc1cccc(Br)c1)C(=O)CN1C(=O)c2cccc3cccc1c23. The van der Waals surface area contributed by atoms with Crippen LogP contribution < -0.4 is 10.2 Å². The molecule has 180 valence electrons. The molecule has 1 aliphatic heterocycles. The zero-order valence-electron chi connectivity index (χ0n) is 19.7. The maximum atomic E-state index is 13.7. The van der Waals surface area contributed by atoms with E-state index in [4.69, 9.17) is 0 Å². The molecule has 1 saturated carbocycles. The lowest BCUT2D eigenvalue weighted by atomic mass is 10.1. The Bertz CT molecular complexity index is 1300. The maximum absolute atomic E-state index is 13.7. The van der Waals surface area contributed by atoms with Crippen molar-refractivity contribution in [2.45, 2.75) is 51.2 Å². The molecule has 0 bridgehead atoms.